The summed E-state index contributed by atoms with van der Waals surface area (Å²) < 4.78 is 16.1. The Morgan fingerprint density at radius 2 is 1.56 bits per heavy atom. The van der Waals surface area contributed by atoms with Gasteiger partial charge in [-0.05, 0) is 67.8 Å². The fourth-order valence-electron chi connectivity index (χ4n) is 4.42. The fourth-order valence-corrected chi connectivity index (χ4v) is 4.42. The highest BCUT2D eigenvalue weighted by molar-refractivity contribution is 6.21. The average molecular weight is 531 g/mol. The summed E-state index contributed by atoms with van der Waals surface area (Å²) in [5, 5.41) is 0. The molecule has 0 aromatic heterocycles. The van der Waals surface area contributed by atoms with E-state index in [0.717, 1.165) is 5.56 Å². The zero-order valence-corrected chi connectivity index (χ0v) is 22.4. The molecule has 0 atom stereocenters. The lowest BCUT2D eigenvalue weighted by molar-refractivity contribution is 0.0594. The normalized spacial score (nSPS) is 12.3. The number of anilines is 1. The molecule has 0 radical (unpaired) electrons. The molecular weight excluding hydrogens is 500 g/mol. The van der Waals surface area contributed by atoms with E-state index in [1.165, 1.54) is 36.2 Å². The van der Waals surface area contributed by atoms with Gasteiger partial charge in [-0.2, -0.15) is 0 Å². The summed E-state index contributed by atoms with van der Waals surface area (Å²) in [7, 11) is 4.33. The van der Waals surface area contributed by atoms with Crippen molar-refractivity contribution in [3.63, 3.8) is 0 Å². The van der Waals surface area contributed by atoms with Gasteiger partial charge in [0.2, 0.25) is 0 Å². The quantitative estimate of drug-likeness (QED) is 0.216. The maximum atomic E-state index is 13.3. The number of ether oxygens (including phenoxy) is 3. The molecule has 0 saturated carbocycles. The first-order valence-corrected chi connectivity index (χ1v) is 12.5. The van der Waals surface area contributed by atoms with E-state index in [9.17, 15) is 19.2 Å². The molecule has 0 saturated heterocycles. The molecule has 0 aliphatic carbocycles. The van der Waals surface area contributed by atoms with Crippen molar-refractivity contribution in [3.8, 4) is 11.5 Å². The molecule has 3 aromatic rings. The first kappa shape index (κ1) is 27.4. The van der Waals surface area contributed by atoms with Gasteiger partial charge in [0.25, 0.3) is 17.7 Å². The Hall–Kier alpha value is -4.66. The van der Waals surface area contributed by atoms with Crippen LogP contribution >= 0.6 is 0 Å². The van der Waals surface area contributed by atoms with Gasteiger partial charge in [-0.15, -0.1) is 0 Å². The number of fused-ring (bicyclic) bond motifs is 1. The molecule has 0 unspecified atom stereocenters. The SMILES string of the molecule is COC(=O)c1ccc(C(=O)N(C)c2ccc(C)cc2OCCCCN2C(=O)c3ccccc3C2=O)cc1OC. The number of carbonyl (C=O) groups is 4. The zero-order chi connectivity index (χ0) is 28.1. The minimum Gasteiger partial charge on any atom is -0.496 e. The number of aryl methyl sites for hydroxylation is 1. The Morgan fingerprint density at radius 3 is 2.21 bits per heavy atom. The van der Waals surface area contributed by atoms with Crippen molar-refractivity contribution in [2.45, 2.75) is 19.8 Å². The Labute approximate surface area is 226 Å². The summed E-state index contributed by atoms with van der Waals surface area (Å²) >= 11 is 0. The van der Waals surface area contributed by atoms with E-state index >= 15 is 0 Å². The van der Waals surface area contributed by atoms with Crippen molar-refractivity contribution in [2.75, 3.05) is 39.3 Å². The van der Waals surface area contributed by atoms with E-state index in [2.05, 4.69) is 0 Å². The number of nitrogens with zero attached hydrogens (tertiary/aromatic N) is 2. The predicted octanol–water partition coefficient (Wildman–Crippen LogP) is 4.52. The smallest absolute Gasteiger partial charge is 0.341 e. The Morgan fingerprint density at radius 1 is 0.872 bits per heavy atom. The van der Waals surface area contributed by atoms with Crippen molar-refractivity contribution in [1.29, 1.82) is 0 Å². The minimum atomic E-state index is -0.559. The summed E-state index contributed by atoms with van der Waals surface area (Å²) in [5.74, 6) is -0.646. The lowest BCUT2D eigenvalue weighted by Gasteiger charge is -2.22. The molecule has 202 valence electrons. The monoisotopic (exact) mass is 530 g/mol. The minimum absolute atomic E-state index is 0.222. The van der Waals surface area contributed by atoms with Crippen molar-refractivity contribution in [1.82, 2.24) is 4.90 Å². The van der Waals surface area contributed by atoms with Crippen LogP contribution in [0.25, 0.3) is 0 Å². The number of imide groups is 1. The van der Waals surface area contributed by atoms with E-state index < -0.39 is 5.97 Å². The number of esters is 1. The molecule has 0 bridgehead atoms. The second-order valence-electron chi connectivity index (χ2n) is 9.11. The van der Waals surface area contributed by atoms with Crippen LogP contribution in [0.3, 0.4) is 0 Å². The second-order valence-corrected chi connectivity index (χ2v) is 9.11. The third kappa shape index (κ3) is 5.62. The third-order valence-corrected chi connectivity index (χ3v) is 6.55. The number of unbranched alkanes of at least 4 members (excludes halogenated alkanes) is 1. The number of hydrogen-bond acceptors (Lipinski definition) is 7. The van der Waals surface area contributed by atoms with Crippen molar-refractivity contribution >= 4 is 29.4 Å². The molecule has 39 heavy (non-hydrogen) atoms. The number of benzene rings is 3. The number of methoxy groups -OCH3 is 2. The number of carbonyl (C=O) groups excluding carboxylic acids is 4. The summed E-state index contributed by atoms with van der Waals surface area (Å²) in [6.07, 6.45) is 1.18. The van der Waals surface area contributed by atoms with Crippen LogP contribution in [0.2, 0.25) is 0 Å². The van der Waals surface area contributed by atoms with Gasteiger partial charge in [0, 0.05) is 19.2 Å². The van der Waals surface area contributed by atoms with E-state index in [-0.39, 0.29) is 29.0 Å². The molecule has 0 N–H and O–H groups in total. The van der Waals surface area contributed by atoms with E-state index in [0.29, 0.717) is 54.1 Å². The van der Waals surface area contributed by atoms with Crippen LogP contribution in [0.5, 0.6) is 11.5 Å². The standard InChI is InChI=1S/C30H30N2O7/c1-19-11-14-24(31(2)27(33)20-12-13-23(30(36)38-4)25(18-20)37-3)26(17-19)39-16-8-7-15-32-28(34)21-9-5-6-10-22(21)29(32)35/h5-6,9-14,17-18H,7-8,15-16H2,1-4H3. The van der Waals surface area contributed by atoms with Crippen LogP contribution < -0.4 is 14.4 Å². The van der Waals surface area contributed by atoms with Gasteiger partial charge < -0.3 is 19.1 Å². The molecule has 4 rings (SSSR count). The maximum Gasteiger partial charge on any atom is 0.341 e. The molecule has 0 fully saturated rings. The van der Waals surface area contributed by atoms with Crippen molar-refractivity contribution in [3.05, 3.63) is 88.5 Å². The van der Waals surface area contributed by atoms with E-state index in [4.69, 9.17) is 14.2 Å². The lowest BCUT2D eigenvalue weighted by atomic mass is 10.1. The largest absolute Gasteiger partial charge is 0.496 e. The van der Waals surface area contributed by atoms with E-state index in [1.807, 2.05) is 19.1 Å². The van der Waals surface area contributed by atoms with E-state index in [1.54, 1.807) is 43.4 Å². The predicted molar refractivity (Wildman–Crippen MR) is 145 cm³/mol. The molecular formula is C30H30N2O7. The summed E-state index contributed by atoms with van der Waals surface area (Å²) in [4.78, 5) is 53.1. The van der Waals surface area contributed by atoms with Crippen LogP contribution in [-0.2, 0) is 4.74 Å². The Balaban J connectivity index is 1.39. The van der Waals surface area contributed by atoms with Gasteiger partial charge in [0.05, 0.1) is 37.6 Å². The molecule has 3 amide bonds. The summed E-state index contributed by atoms with van der Waals surface area (Å²) in [5.41, 5.74) is 2.96. The number of hydrogen-bond donors (Lipinski definition) is 0. The zero-order valence-electron chi connectivity index (χ0n) is 22.4. The molecule has 0 spiro atoms. The van der Waals surface area contributed by atoms with Gasteiger partial charge in [0.15, 0.2) is 0 Å². The highest BCUT2D eigenvalue weighted by atomic mass is 16.5. The lowest BCUT2D eigenvalue weighted by Crippen LogP contribution is -2.30. The fraction of sp³-hybridized carbons (Fsp3) is 0.267. The number of amides is 3. The van der Waals surface area contributed by atoms with Crippen molar-refractivity contribution < 1.29 is 33.4 Å². The Bertz CT molecular complexity index is 1400. The van der Waals surface area contributed by atoms with Gasteiger partial charge in [-0.25, -0.2) is 4.79 Å². The first-order valence-electron chi connectivity index (χ1n) is 12.5. The van der Waals surface area contributed by atoms with Crippen LogP contribution in [0.1, 0.15) is 59.8 Å². The van der Waals surface area contributed by atoms with Gasteiger partial charge in [-0.1, -0.05) is 18.2 Å². The topological polar surface area (TPSA) is 102 Å². The highest BCUT2D eigenvalue weighted by Gasteiger charge is 2.34. The maximum absolute atomic E-state index is 13.3. The highest BCUT2D eigenvalue weighted by Crippen LogP contribution is 2.31. The molecule has 9 heteroatoms. The van der Waals surface area contributed by atoms with Crippen LogP contribution in [0.15, 0.2) is 60.7 Å². The van der Waals surface area contributed by atoms with Gasteiger partial charge in [0.1, 0.15) is 17.1 Å². The van der Waals surface area contributed by atoms with Crippen LogP contribution in [-0.4, -0.2) is 63.0 Å². The van der Waals surface area contributed by atoms with Crippen LogP contribution in [0.4, 0.5) is 5.69 Å². The average Bonchev–Trinajstić information content (AvgIpc) is 3.20. The first-order chi connectivity index (χ1) is 18.8. The molecule has 1 aliphatic rings. The molecule has 9 nitrogen and oxygen atoms in total. The third-order valence-electron chi connectivity index (χ3n) is 6.55. The Kier molecular flexibility index (Phi) is 8.29. The van der Waals surface area contributed by atoms with Gasteiger partial charge >= 0.3 is 5.97 Å². The molecule has 1 aliphatic heterocycles. The van der Waals surface area contributed by atoms with Gasteiger partial charge in [-0.3, -0.25) is 19.3 Å². The van der Waals surface area contributed by atoms with Crippen LogP contribution in [0, 0.1) is 6.92 Å². The summed E-state index contributed by atoms with van der Waals surface area (Å²) in [6.45, 7) is 2.57. The van der Waals surface area contributed by atoms with Crippen molar-refractivity contribution in [2.24, 2.45) is 0 Å². The summed E-state index contributed by atoms with van der Waals surface area (Å²) in [6, 6.07) is 16.9. The number of rotatable bonds is 10. The second kappa shape index (κ2) is 11.8. The molecule has 3 aromatic carbocycles. The molecule has 1 heterocycles.